The van der Waals surface area contributed by atoms with Crippen LogP contribution in [0.25, 0.3) is 0 Å². The van der Waals surface area contributed by atoms with Crippen LogP contribution in [0, 0.1) is 0 Å². The van der Waals surface area contributed by atoms with Crippen LogP contribution in [-0.2, 0) is 0 Å². The Kier molecular flexibility index (Phi) is 1.67. The van der Waals surface area contributed by atoms with Gasteiger partial charge < -0.3 is 0 Å². The molecule has 0 fully saturated rings. The monoisotopic (exact) mass is 153 g/mol. The Morgan fingerprint density at radius 3 is 1.20 bits per heavy atom. The zero-order chi connectivity index (χ0) is 4.50. The van der Waals surface area contributed by atoms with Crippen molar-refractivity contribution in [1.29, 1.82) is 0 Å². The third kappa shape index (κ3) is 65.4. The van der Waals surface area contributed by atoms with E-state index in [1.54, 1.807) is 0 Å². The van der Waals surface area contributed by atoms with E-state index < -0.39 is 6.68 Å². The zero-order valence-corrected chi connectivity index (χ0v) is 6.62. The number of hydrogen-bond acceptors (Lipinski definition) is 0. The molecule has 0 saturated carbocycles. The minimum atomic E-state index is -0.736. The topological polar surface area (TPSA) is 0 Å². The maximum absolute atomic E-state index is 3.12. The molecule has 0 aliphatic rings. The summed E-state index contributed by atoms with van der Waals surface area (Å²) in [4.78, 5) is 0. The van der Waals surface area contributed by atoms with Crippen molar-refractivity contribution in [2.45, 2.75) is 19.6 Å². The number of rotatable bonds is 0. The molecule has 0 bridgehead atoms. The second-order valence-electron chi connectivity index (χ2n) is 2.11. The molecule has 0 atom stereocenters. The Morgan fingerprint density at radius 1 is 1.20 bits per heavy atom. The average Bonchev–Trinajstić information content (AvgIpc) is 0.722. The molecule has 0 aromatic heterocycles. The first kappa shape index (κ1) is 5.74. The first-order valence-corrected chi connectivity index (χ1v) is 7.68. The third-order valence-electron chi connectivity index (χ3n) is 0. The van der Waals surface area contributed by atoms with Gasteiger partial charge in [-0.1, -0.05) is 0 Å². The summed E-state index contributed by atoms with van der Waals surface area (Å²) in [5.41, 5.74) is 0. The van der Waals surface area contributed by atoms with Crippen LogP contribution in [0.15, 0.2) is 0 Å². The fourth-order valence-corrected chi connectivity index (χ4v) is 0. The van der Waals surface area contributed by atoms with Gasteiger partial charge in [0.05, 0.1) is 0 Å². The fraction of sp³-hybridized carbons (Fsp3) is 1.00. The summed E-state index contributed by atoms with van der Waals surface area (Å²) in [5.74, 6) is 0. The molecule has 0 rings (SSSR count). The molecule has 0 aromatic carbocycles. The predicted octanol–water partition coefficient (Wildman–Crippen LogP) is 0.990. The summed E-state index contributed by atoms with van der Waals surface area (Å²) in [6.07, 6.45) is 0. The SMILES string of the molecule is C[Si](C)(C)[Se]. The summed E-state index contributed by atoms with van der Waals surface area (Å²) in [7, 11) is 0. The van der Waals surface area contributed by atoms with Gasteiger partial charge in [-0.2, -0.15) is 0 Å². The van der Waals surface area contributed by atoms with Crippen LogP contribution in [-0.4, -0.2) is 22.1 Å². The van der Waals surface area contributed by atoms with Gasteiger partial charge in [-0.3, -0.25) is 0 Å². The van der Waals surface area contributed by atoms with Gasteiger partial charge >= 0.3 is 41.7 Å². The molecular weight excluding hydrogens is 143 g/mol. The summed E-state index contributed by atoms with van der Waals surface area (Å²) in [6, 6.07) is 0. The van der Waals surface area contributed by atoms with Gasteiger partial charge in [-0.05, 0) is 0 Å². The van der Waals surface area contributed by atoms with E-state index in [1.165, 1.54) is 0 Å². The van der Waals surface area contributed by atoms with E-state index in [0.717, 1.165) is 0 Å². The normalized spacial score (nSPS) is 12.0. The third-order valence-corrected chi connectivity index (χ3v) is 0. The van der Waals surface area contributed by atoms with E-state index in [4.69, 9.17) is 0 Å². The Bertz CT molecular complexity index is 22.4. The molecule has 1 radical (unpaired) electrons. The van der Waals surface area contributed by atoms with Gasteiger partial charge in [0.25, 0.3) is 0 Å². The van der Waals surface area contributed by atoms with Crippen LogP contribution < -0.4 is 0 Å². The van der Waals surface area contributed by atoms with Gasteiger partial charge in [0.2, 0.25) is 0 Å². The van der Waals surface area contributed by atoms with E-state index in [-0.39, 0.29) is 0 Å². The molecular formula is C3H9SeSi. The van der Waals surface area contributed by atoms with Crippen molar-refractivity contribution in [1.82, 2.24) is 0 Å². The van der Waals surface area contributed by atoms with Crippen LogP contribution in [0.3, 0.4) is 0 Å². The van der Waals surface area contributed by atoms with Crippen molar-refractivity contribution < 1.29 is 0 Å². The van der Waals surface area contributed by atoms with Crippen molar-refractivity contribution in [3.8, 4) is 0 Å². The van der Waals surface area contributed by atoms with Gasteiger partial charge in [0, 0.05) is 0 Å². The molecule has 0 aliphatic heterocycles. The molecule has 0 heterocycles. The van der Waals surface area contributed by atoms with Gasteiger partial charge in [-0.15, -0.1) is 0 Å². The molecule has 0 nitrogen and oxygen atoms in total. The molecule has 2 heteroatoms. The van der Waals surface area contributed by atoms with Crippen LogP contribution >= 0.6 is 0 Å². The zero-order valence-electron chi connectivity index (χ0n) is 3.91. The molecule has 5 heavy (non-hydrogen) atoms. The van der Waals surface area contributed by atoms with Crippen LogP contribution in [0.2, 0.25) is 19.6 Å². The van der Waals surface area contributed by atoms with Crippen molar-refractivity contribution in [2.75, 3.05) is 0 Å². The molecule has 0 unspecified atom stereocenters. The summed E-state index contributed by atoms with van der Waals surface area (Å²) in [6.45, 7) is 6.08. The fourth-order valence-electron chi connectivity index (χ4n) is 0. The quantitative estimate of drug-likeness (QED) is 0.454. The second-order valence-corrected chi connectivity index (χ2v) is 14.0. The van der Waals surface area contributed by atoms with Gasteiger partial charge in [0.15, 0.2) is 0 Å². The Labute approximate surface area is 42.2 Å². The summed E-state index contributed by atoms with van der Waals surface area (Å²) >= 11 is 3.12. The maximum atomic E-state index is 3.12. The van der Waals surface area contributed by atoms with Crippen LogP contribution in [0.4, 0.5) is 0 Å². The number of hydrogen-bond donors (Lipinski definition) is 0. The van der Waals surface area contributed by atoms with Crippen molar-refractivity contribution in [3.05, 3.63) is 0 Å². The molecule has 0 N–H and O–H groups in total. The van der Waals surface area contributed by atoms with Crippen molar-refractivity contribution >= 4 is 22.1 Å². The standard InChI is InChI=1S/C3H9SeSi/c1-5(2,3)4/h1-3H3. The average molecular weight is 152 g/mol. The Morgan fingerprint density at radius 2 is 1.20 bits per heavy atom. The summed E-state index contributed by atoms with van der Waals surface area (Å²) < 4.78 is 0. The molecule has 0 saturated heterocycles. The van der Waals surface area contributed by atoms with Gasteiger partial charge in [0.1, 0.15) is 0 Å². The van der Waals surface area contributed by atoms with Crippen molar-refractivity contribution in [2.24, 2.45) is 0 Å². The van der Waals surface area contributed by atoms with E-state index in [1.807, 2.05) is 0 Å². The predicted molar refractivity (Wildman–Crippen MR) is 29.1 cm³/mol. The van der Waals surface area contributed by atoms with E-state index >= 15 is 0 Å². The second kappa shape index (κ2) is 1.46. The molecule has 0 spiro atoms. The molecule has 31 valence electrons. The van der Waals surface area contributed by atoms with E-state index in [2.05, 4.69) is 35.0 Å². The first-order valence-electron chi connectivity index (χ1n) is 1.70. The van der Waals surface area contributed by atoms with E-state index in [0.29, 0.717) is 0 Å². The minimum absolute atomic E-state index is 0.736. The van der Waals surface area contributed by atoms with Gasteiger partial charge in [-0.25, -0.2) is 0 Å². The first-order chi connectivity index (χ1) is 2.00. The molecule has 0 amide bonds. The van der Waals surface area contributed by atoms with E-state index in [9.17, 15) is 0 Å². The van der Waals surface area contributed by atoms with Crippen molar-refractivity contribution in [3.63, 3.8) is 0 Å². The van der Waals surface area contributed by atoms with Crippen LogP contribution in [0.5, 0.6) is 0 Å². The van der Waals surface area contributed by atoms with Crippen LogP contribution in [0.1, 0.15) is 0 Å². The Hall–Kier alpha value is 0.736. The molecule has 0 aliphatic carbocycles. The Balaban J connectivity index is 3.02. The summed E-state index contributed by atoms with van der Waals surface area (Å²) in [5, 5.41) is 0. The molecule has 0 aromatic rings.